The van der Waals surface area contributed by atoms with E-state index in [9.17, 15) is 18.0 Å². The Hall–Kier alpha value is -2.69. The van der Waals surface area contributed by atoms with Gasteiger partial charge in [0.1, 0.15) is 12.0 Å². The molecule has 1 aromatic carbocycles. The average molecular weight is 436 g/mol. The van der Waals surface area contributed by atoms with Gasteiger partial charge in [-0.25, -0.2) is 8.42 Å². The molecule has 1 aliphatic rings. The monoisotopic (exact) mass is 435 g/mol. The topological polar surface area (TPSA) is 118 Å². The molecule has 2 N–H and O–H groups in total. The van der Waals surface area contributed by atoms with E-state index in [1.807, 2.05) is 19.1 Å². The van der Waals surface area contributed by atoms with Crippen LogP contribution in [0.1, 0.15) is 22.5 Å². The zero-order valence-corrected chi connectivity index (χ0v) is 17.9. The van der Waals surface area contributed by atoms with Crippen molar-refractivity contribution in [2.45, 2.75) is 38.4 Å². The van der Waals surface area contributed by atoms with Gasteiger partial charge in [-0.3, -0.25) is 9.59 Å². The molecule has 162 valence electrons. The molecule has 0 unspecified atom stereocenters. The fraction of sp³-hybridized carbons (Fsp3) is 0.400. The maximum atomic E-state index is 13.3. The average Bonchev–Trinajstić information content (AvgIpc) is 3.34. The number of benzene rings is 1. The highest BCUT2D eigenvalue weighted by Crippen LogP contribution is 2.28. The number of carbonyl (C=O) groups excluding carboxylic acids is 2. The summed E-state index contributed by atoms with van der Waals surface area (Å²) in [7, 11) is -3.83. The number of rotatable bonds is 6. The van der Waals surface area contributed by atoms with Crippen molar-refractivity contribution in [2.75, 3.05) is 19.7 Å². The summed E-state index contributed by atoms with van der Waals surface area (Å²) in [5, 5.41) is 4.86. The third-order valence-electron chi connectivity index (χ3n) is 4.76. The van der Waals surface area contributed by atoms with Gasteiger partial charge in [0.2, 0.25) is 10.0 Å². The molecule has 10 heteroatoms. The van der Waals surface area contributed by atoms with Crippen LogP contribution in [0.4, 0.5) is 0 Å². The second-order valence-corrected chi connectivity index (χ2v) is 8.97. The van der Waals surface area contributed by atoms with Gasteiger partial charge in [-0.2, -0.15) is 4.31 Å². The largest absolute Gasteiger partial charge is 0.467 e. The van der Waals surface area contributed by atoms with Gasteiger partial charge in [-0.15, -0.1) is 0 Å². The van der Waals surface area contributed by atoms with Crippen LogP contribution in [0.5, 0.6) is 0 Å². The highest BCUT2D eigenvalue weighted by atomic mass is 32.2. The Morgan fingerprint density at radius 2 is 1.80 bits per heavy atom. The van der Waals surface area contributed by atoms with E-state index >= 15 is 0 Å². The van der Waals surface area contributed by atoms with Crippen molar-refractivity contribution in [3.8, 4) is 0 Å². The Bertz CT molecular complexity index is 1010. The number of sulfonamides is 1. The van der Waals surface area contributed by atoms with Crippen LogP contribution in [0.3, 0.4) is 0 Å². The summed E-state index contributed by atoms with van der Waals surface area (Å²) < 4.78 is 38.3. The SMILES string of the molecule is Cc1cc(C)c(S(=O)(=O)N2CCO[C@H]2CNC(=O)C(=O)NCc2ccco2)c(C)c1. The van der Waals surface area contributed by atoms with Gasteiger partial charge in [0.15, 0.2) is 0 Å². The van der Waals surface area contributed by atoms with Crippen LogP contribution in [-0.4, -0.2) is 50.5 Å². The molecular formula is C20H25N3O6S. The van der Waals surface area contributed by atoms with Crippen molar-refractivity contribution in [2.24, 2.45) is 0 Å². The second-order valence-electron chi connectivity index (χ2n) is 7.14. The standard InChI is InChI=1S/C20H25N3O6S/c1-13-9-14(2)18(15(3)10-13)30(26,27)23-6-8-29-17(23)12-22-20(25)19(24)21-11-16-5-4-7-28-16/h4-5,7,9-10,17H,6,8,11-12H2,1-3H3,(H,21,24)(H,22,25)/t17-/m0/s1. The van der Waals surface area contributed by atoms with Gasteiger partial charge >= 0.3 is 11.8 Å². The number of hydrogen-bond acceptors (Lipinski definition) is 6. The number of hydrogen-bond donors (Lipinski definition) is 2. The molecule has 2 heterocycles. The lowest BCUT2D eigenvalue weighted by Gasteiger charge is -2.24. The minimum Gasteiger partial charge on any atom is -0.467 e. The molecule has 9 nitrogen and oxygen atoms in total. The lowest BCUT2D eigenvalue weighted by molar-refractivity contribution is -0.139. The van der Waals surface area contributed by atoms with Crippen LogP contribution in [0.2, 0.25) is 0 Å². The number of amides is 2. The summed E-state index contributed by atoms with van der Waals surface area (Å²) in [4.78, 5) is 24.2. The van der Waals surface area contributed by atoms with E-state index in [0.717, 1.165) is 5.56 Å². The molecule has 0 saturated carbocycles. The molecule has 0 aliphatic carbocycles. The maximum Gasteiger partial charge on any atom is 0.309 e. The first-order valence-corrected chi connectivity index (χ1v) is 10.9. The molecule has 30 heavy (non-hydrogen) atoms. The lowest BCUT2D eigenvalue weighted by atomic mass is 10.1. The van der Waals surface area contributed by atoms with Crippen LogP contribution in [0, 0.1) is 20.8 Å². The van der Waals surface area contributed by atoms with E-state index in [1.54, 1.807) is 26.0 Å². The minimum absolute atomic E-state index is 0.0751. The first-order chi connectivity index (χ1) is 14.2. The molecule has 1 aliphatic heterocycles. The molecule has 0 spiro atoms. The summed E-state index contributed by atoms with van der Waals surface area (Å²) in [5.41, 5.74) is 2.28. The van der Waals surface area contributed by atoms with Crippen molar-refractivity contribution in [1.82, 2.24) is 14.9 Å². The van der Waals surface area contributed by atoms with Crippen molar-refractivity contribution < 1.29 is 27.2 Å². The van der Waals surface area contributed by atoms with Gasteiger partial charge in [0.25, 0.3) is 0 Å². The van der Waals surface area contributed by atoms with Gasteiger partial charge in [0, 0.05) is 6.54 Å². The highest BCUT2D eigenvalue weighted by molar-refractivity contribution is 7.89. The summed E-state index contributed by atoms with van der Waals surface area (Å²) in [6.45, 7) is 5.72. The number of furan rings is 1. The van der Waals surface area contributed by atoms with E-state index < -0.39 is 28.1 Å². The van der Waals surface area contributed by atoms with Gasteiger partial charge in [0.05, 0.1) is 30.9 Å². The molecule has 0 bridgehead atoms. The van der Waals surface area contributed by atoms with Gasteiger partial charge in [-0.1, -0.05) is 17.7 Å². The highest BCUT2D eigenvalue weighted by Gasteiger charge is 2.38. The van der Waals surface area contributed by atoms with E-state index in [-0.39, 0.29) is 31.1 Å². The predicted molar refractivity (Wildman–Crippen MR) is 108 cm³/mol. The summed E-state index contributed by atoms with van der Waals surface area (Å²) in [5.74, 6) is -1.21. The Labute approximate surface area is 175 Å². The Morgan fingerprint density at radius 3 is 2.43 bits per heavy atom. The Balaban J connectivity index is 1.64. The smallest absolute Gasteiger partial charge is 0.309 e. The second kappa shape index (κ2) is 8.99. The van der Waals surface area contributed by atoms with Gasteiger partial charge < -0.3 is 19.8 Å². The number of nitrogens with zero attached hydrogens (tertiary/aromatic N) is 1. The van der Waals surface area contributed by atoms with Crippen molar-refractivity contribution in [3.63, 3.8) is 0 Å². The molecule has 1 fully saturated rings. The number of aryl methyl sites for hydroxylation is 3. The van der Waals surface area contributed by atoms with Crippen LogP contribution in [-0.2, 0) is 30.9 Å². The number of ether oxygens (including phenoxy) is 1. The number of carbonyl (C=O) groups is 2. The third kappa shape index (κ3) is 4.72. The molecule has 0 radical (unpaired) electrons. The fourth-order valence-corrected chi connectivity index (χ4v) is 5.48. The Kier molecular flexibility index (Phi) is 6.59. The quantitative estimate of drug-likeness (QED) is 0.653. The van der Waals surface area contributed by atoms with Crippen molar-refractivity contribution in [3.05, 3.63) is 53.0 Å². The molecule has 2 amide bonds. The lowest BCUT2D eigenvalue weighted by Crippen LogP contribution is -2.47. The molecule has 1 aromatic heterocycles. The molecule has 1 atom stereocenters. The van der Waals surface area contributed by atoms with Crippen LogP contribution in [0.25, 0.3) is 0 Å². The van der Waals surface area contributed by atoms with Crippen molar-refractivity contribution in [1.29, 1.82) is 0 Å². The molecule has 3 rings (SSSR count). The first kappa shape index (κ1) is 22.0. The maximum absolute atomic E-state index is 13.3. The molecule has 1 saturated heterocycles. The summed E-state index contributed by atoms with van der Waals surface area (Å²) in [6.07, 6.45) is 0.572. The van der Waals surface area contributed by atoms with E-state index in [2.05, 4.69) is 10.6 Å². The van der Waals surface area contributed by atoms with E-state index in [4.69, 9.17) is 9.15 Å². The zero-order valence-electron chi connectivity index (χ0n) is 17.1. The number of nitrogens with one attached hydrogen (secondary N) is 2. The normalized spacial score (nSPS) is 17.1. The molecular weight excluding hydrogens is 410 g/mol. The van der Waals surface area contributed by atoms with Crippen LogP contribution < -0.4 is 10.6 Å². The van der Waals surface area contributed by atoms with Crippen LogP contribution >= 0.6 is 0 Å². The third-order valence-corrected chi connectivity index (χ3v) is 6.96. The van der Waals surface area contributed by atoms with E-state index in [0.29, 0.717) is 16.9 Å². The minimum atomic E-state index is -3.83. The van der Waals surface area contributed by atoms with E-state index in [1.165, 1.54) is 10.6 Å². The van der Waals surface area contributed by atoms with Gasteiger partial charge in [-0.05, 0) is 44.0 Å². The molecule has 2 aromatic rings. The summed E-state index contributed by atoms with van der Waals surface area (Å²) >= 11 is 0. The van der Waals surface area contributed by atoms with Crippen molar-refractivity contribution >= 4 is 21.8 Å². The summed E-state index contributed by atoms with van der Waals surface area (Å²) in [6, 6.07) is 6.97. The zero-order chi connectivity index (χ0) is 21.9. The fourth-order valence-electron chi connectivity index (χ4n) is 3.55. The van der Waals surface area contributed by atoms with Crippen LogP contribution in [0.15, 0.2) is 39.8 Å². The predicted octanol–water partition coefficient (Wildman–Crippen LogP) is 0.984. The Morgan fingerprint density at radius 1 is 1.13 bits per heavy atom. The first-order valence-electron chi connectivity index (χ1n) is 9.50.